The second-order valence-electron chi connectivity index (χ2n) is 17.2. The number of piperazine rings is 1. The van der Waals surface area contributed by atoms with Gasteiger partial charge in [0.15, 0.2) is 5.82 Å². The van der Waals surface area contributed by atoms with E-state index in [0.717, 1.165) is 6.42 Å². The van der Waals surface area contributed by atoms with Crippen LogP contribution in [0.1, 0.15) is 77.5 Å². The molecule has 4 aliphatic heterocycles. The van der Waals surface area contributed by atoms with Crippen molar-refractivity contribution in [3.8, 4) is 29.6 Å². The summed E-state index contributed by atoms with van der Waals surface area (Å²) in [5, 5.41) is 1.44. The number of terminal acetylenes is 1. The molecule has 1 spiro atoms. The Morgan fingerprint density at radius 3 is 2.60 bits per heavy atom. The molecule has 13 heteroatoms. The summed E-state index contributed by atoms with van der Waals surface area (Å²) < 4.78 is 74.0. The molecule has 6 heterocycles. The number of alkyl halides is 2. The number of aryl methyl sites for hydroxylation is 1. The van der Waals surface area contributed by atoms with Crippen molar-refractivity contribution >= 4 is 33.6 Å². The molecule has 0 N–H and O–H groups in total. The van der Waals surface area contributed by atoms with Gasteiger partial charge in [-0.3, -0.25) is 4.90 Å². The van der Waals surface area contributed by atoms with E-state index in [4.69, 9.17) is 30.8 Å². The van der Waals surface area contributed by atoms with Crippen LogP contribution >= 0.6 is 0 Å². The molecule has 288 valence electrons. The maximum absolute atomic E-state index is 17.4. The number of halogens is 4. The SMILES string of the molecule is C#Cc1c(F)ccc2cccc(-c3nc4c5c(nc(OC[C@@]67CCCN6C[C@@]6(CC6(F)F)C7)nc5c3F)N3C[C@@H](CC)N(C(=O)OC(C)(C)C)C[C@H]3CC4)c12. The van der Waals surface area contributed by atoms with Crippen LogP contribution in [0.5, 0.6) is 6.01 Å². The first-order valence-electron chi connectivity index (χ1n) is 19.3. The van der Waals surface area contributed by atoms with E-state index in [1.54, 1.807) is 29.2 Å². The molecule has 4 fully saturated rings. The maximum atomic E-state index is 17.4. The number of hydrogen-bond acceptors (Lipinski definition) is 8. The first-order chi connectivity index (χ1) is 26.2. The van der Waals surface area contributed by atoms with Crippen LogP contribution in [0.3, 0.4) is 0 Å². The van der Waals surface area contributed by atoms with Crippen LogP contribution in [0.4, 0.5) is 28.2 Å². The molecule has 0 unspecified atom stereocenters. The van der Waals surface area contributed by atoms with Gasteiger partial charge >= 0.3 is 12.1 Å². The minimum Gasteiger partial charge on any atom is -0.461 e. The Bertz CT molecular complexity index is 2310. The smallest absolute Gasteiger partial charge is 0.410 e. The Hall–Kier alpha value is -4.70. The number of nitrogens with zero attached hydrogens (tertiary/aromatic N) is 6. The molecule has 2 aromatic heterocycles. The third kappa shape index (κ3) is 5.68. The summed E-state index contributed by atoms with van der Waals surface area (Å²) in [4.78, 5) is 34.2. The van der Waals surface area contributed by atoms with Crippen molar-refractivity contribution in [2.45, 2.75) is 102 Å². The van der Waals surface area contributed by atoms with Gasteiger partial charge in [-0.2, -0.15) is 9.97 Å². The molecule has 0 radical (unpaired) electrons. The topological polar surface area (TPSA) is 83.9 Å². The van der Waals surface area contributed by atoms with Gasteiger partial charge in [-0.05, 0) is 77.3 Å². The van der Waals surface area contributed by atoms with Crippen LogP contribution in [0.2, 0.25) is 0 Å². The second-order valence-corrected chi connectivity index (χ2v) is 17.2. The molecule has 9 rings (SSSR count). The molecular weight excluding hydrogens is 712 g/mol. The van der Waals surface area contributed by atoms with Gasteiger partial charge in [0, 0.05) is 43.0 Å². The monoisotopic (exact) mass is 756 g/mol. The lowest BCUT2D eigenvalue weighted by molar-refractivity contribution is 0.00969. The van der Waals surface area contributed by atoms with Crippen LogP contribution in [0.15, 0.2) is 30.3 Å². The highest BCUT2D eigenvalue weighted by atomic mass is 19.3. The maximum Gasteiger partial charge on any atom is 0.410 e. The number of benzene rings is 2. The quantitative estimate of drug-likeness (QED) is 0.150. The average Bonchev–Trinajstić information content (AvgIpc) is 3.34. The zero-order valence-electron chi connectivity index (χ0n) is 31.5. The lowest BCUT2D eigenvalue weighted by atomic mass is 9.89. The number of anilines is 1. The summed E-state index contributed by atoms with van der Waals surface area (Å²) in [7, 11) is 0. The Balaban J connectivity index is 1.18. The summed E-state index contributed by atoms with van der Waals surface area (Å²) in [6.07, 6.45) is 8.80. The van der Waals surface area contributed by atoms with E-state index >= 15 is 8.78 Å². The van der Waals surface area contributed by atoms with Crippen molar-refractivity contribution in [3.63, 3.8) is 0 Å². The molecular formula is C42H44F4N6O3. The number of pyridine rings is 1. The zero-order chi connectivity index (χ0) is 38.7. The summed E-state index contributed by atoms with van der Waals surface area (Å²) in [5.41, 5.74) is -1.43. The molecule has 9 nitrogen and oxygen atoms in total. The Morgan fingerprint density at radius 2 is 1.87 bits per heavy atom. The average molecular weight is 757 g/mol. The van der Waals surface area contributed by atoms with Crippen molar-refractivity contribution in [2.75, 3.05) is 37.7 Å². The van der Waals surface area contributed by atoms with Gasteiger partial charge in [-0.15, -0.1) is 6.42 Å². The number of carbonyl (C=O) groups is 1. The highest BCUT2D eigenvalue weighted by molar-refractivity contribution is 6.03. The van der Waals surface area contributed by atoms with Crippen LogP contribution in [0, 0.1) is 29.4 Å². The van der Waals surface area contributed by atoms with Crippen molar-refractivity contribution in [2.24, 2.45) is 5.41 Å². The first-order valence-corrected chi connectivity index (χ1v) is 19.3. The number of fused-ring (bicyclic) bond motifs is 4. The van der Waals surface area contributed by atoms with E-state index in [2.05, 4.69) is 15.7 Å². The predicted octanol–water partition coefficient (Wildman–Crippen LogP) is 7.90. The lowest BCUT2D eigenvalue weighted by Gasteiger charge is -2.46. The van der Waals surface area contributed by atoms with E-state index in [-0.39, 0.29) is 47.9 Å². The molecule has 3 saturated heterocycles. The number of ether oxygens (including phenoxy) is 2. The Morgan fingerprint density at radius 1 is 1.07 bits per heavy atom. The fraction of sp³-hybridized carbons (Fsp3) is 0.524. The molecule has 1 amide bonds. The summed E-state index contributed by atoms with van der Waals surface area (Å²) in [6.45, 7) is 9.40. The van der Waals surface area contributed by atoms with Gasteiger partial charge in [-0.1, -0.05) is 37.1 Å². The lowest BCUT2D eigenvalue weighted by Crippen LogP contribution is -2.60. The summed E-state index contributed by atoms with van der Waals surface area (Å²) >= 11 is 0. The largest absolute Gasteiger partial charge is 0.461 e. The number of aromatic nitrogens is 3. The van der Waals surface area contributed by atoms with Crippen molar-refractivity contribution in [3.05, 3.63) is 53.2 Å². The van der Waals surface area contributed by atoms with E-state index in [1.165, 1.54) is 6.07 Å². The Labute approximate surface area is 317 Å². The standard InChI is InChI=1S/C42H44F4N6O3/c1-6-25-18-51-26(19-52(25)38(53)55-39(3,4)5)13-15-30-32-35(33(44)34(47-30)28-11-8-10-24-12-14-29(43)27(7-2)31(24)28)48-37(49-36(32)51)54-23-41-16-9-17-50(41)22-40(20-41)21-42(40,45)46/h2,8,10-12,14,25-26H,6,9,13,15-23H2,1,3-5H3/t25-,26-,40+,41+/m1/s1. The van der Waals surface area contributed by atoms with Crippen LogP contribution in [0.25, 0.3) is 32.9 Å². The Kier molecular flexibility index (Phi) is 8.11. The molecule has 2 aromatic carbocycles. The fourth-order valence-corrected chi connectivity index (χ4v) is 9.83. The predicted molar refractivity (Wildman–Crippen MR) is 200 cm³/mol. The highest BCUT2D eigenvalue weighted by Crippen LogP contribution is 2.69. The molecule has 4 atom stereocenters. The normalized spacial score (nSPS) is 26.9. The van der Waals surface area contributed by atoms with Gasteiger partial charge < -0.3 is 19.3 Å². The van der Waals surface area contributed by atoms with Crippen LogP contribution in [-0.2, 0) is 11.2 Å². The minimum absolute atomic E-state index is 0.00340. The van der Waals surface area contributed by atoms with Crippen molar-refractivity contribution in [1.29, 1.82) is 0 Å². The first kappa shape index (κ1) is 36.0. The van der Waals surface area contributed by atoms with Crippen molar-refractivity contribution in [1.82, 2.24) is 24.8 Å². The third-order valence-electron chi connectivity index (χ3n) is 12.6. The van der Waals surface area contributed by atoms with E-state index in [1.807, 2.05) is 27.7 Å². The van der Waals surface area contributed by atoms with Gasteiger partial charge in [-0.25, -0.2) is 27.3 Å². The molecule has 1 saturated carbocycles. The minimum atomic E-state index is -2.69. The van der Waals surface area contributed by atoms with Gasteiger partial charge in [0.25, 0.3) is 5.92 Å². The zero-order valence-corrected chi connectivity index (χ0v) is 31.5. The number of carbonyl (C=O) groups excluding carboxylic acids is 1. The summed E-state index contributed by atoms with van der Waals surface area (Å²) in [6, 6.07) is 7.59. The van der Waals surface area contributed by atoms with Crippen LogP contribution < -0.4 is 9.64 Å². The number of rotatable bonds is 5. The second kappa shape index (κ2) is 12.4. The molecule has 55 heavy (non-hydrogen) atoms. The highest BCUT2D eigenvalue weighted by Gasteiger charge is 2.77. The number of hydrogen-bond donors (Lipinski definition) is 0. The fourth-order valence-electron chi connectivity index (χ4n) is 9.83. The number of amides is 1. The van der Waals surface area contributed by atoms with Gasteiger partial charge in [0.2, 0.25) is 0 Å². The van der Waals surface area contributed by atoms with E-state index in [0.29, 0.717) is 91.5 Å². The van der Waals surface area contributed by atoms with E-state index < -0.39 is 40.2 Å². The van der Waals surface area contributed by atoms with E-state index in [9.17, 15) is 13.6 Å². The molecule has 0 bridgehead atoms. The third-order valence-corrected chi connectivity index (χ3v) is 12.6. The molecule has 4 aromatic rings. The van der Waals surface area contributed by atoms with Crippen LogP contribution in [-0.4, -0.2) is 92.8 Å². The summed E-state index contributed by atoms with van der Waals surface area (Å²) in [5.74, 6) is -1.13. The van der Waals surface area contributed by atoms with Crippen molar-refractivity contribution < 1.29 is 31.8 Å². The van der Waals surface area contributed by atoms with Gasteiger partial charge in [0.1, 0.15) is 35.1 Å². The van der Waals surface area contributed by atoms with Gasteiger partial charge in [0.05, 0.1) is 33.6 Å². The molecule has 5 aliphatic rings. The molecule has 1 aliphatic carbocycles.